The van der Waals surface area contributed by atoms with Crippen molar-refractivity contribution in [3.8, 4) is 0 Å². The molecule has 0 unspecified atom stereocenters. The molecule has 2 heteroatoms. The van der Waals surface area contributed by atoms with Crippen LogP contribution >= 0.6 is 0 Å². The summed E-state index contributed by atoms with van der Waals surface area (Å²) in [4.78, 5) is 2.00. The van der Waals surface area contributed by atoms with E-state index < -0.39 is 0 Å². The molecular weight excluding hydrogens is 124 g/mol. The molecule has 0 atom stereocenters. The first kappa shape index (κ1) is 9.34. The van der Waals surface area contributed by atoms with Gasteiger partial charge in [-0.1, -0.05) is 0 Å². The molecule has 0 aliphatic rings. The lowest BCUT2D eigenvalue weighted by molar-refractivity contribution is 0.480. The molecular formula is C8H18N2. The molecule has 0 amide bonds. The maximum atomic E-state index is 3.23. The Labute approximate surface area is 63.9 Å². The molecule has 0 saturated heterocycles. The summed E-state index contributed by atoms with van der Waals surface area (Å²) in [7, 11) is 4.00. The van der Waals surface area contributed by atoms with Gasteiger partial charge < -0.3 is 10.2 Å². The van der Waals surface area contributed by atoms with Gasteiger partial charge in [0.25, 0.3) is 0 Å². The van der Waals surface area contributed by atoms with Crippen LogP contribution in [0.1, 0.15) is 20.8 Å². The Balaban J connectivity index is 3.54. The molecule has 0 spiro atoms. The van der Waals surface area contributed by atoms with E-state index in [-0.39, 0.29) is 5.54 Å². The van der Waals surface area contributed by atoms with Crippen molar-refractivity contribution < 1.29 is 0 Å². The van der Waals surface area contributed by atoms with Crippen LogP contribution in [0.4, 0.5) is 0 Å². The SMILES string of the molecule is CN(C)C=CNC(C)(C)C. The summed E-state index contributed by atoms with van der Waals surface area (Å²) < 4.78 is 0. The molecule has 0 bridgehead atoms. The average Bonchev–Trinajstić information content (AvgIpc) is 1.59. The van der Waals surface area contributed by atoms with Gasteiger partial charge in [-0.15, -0.1) is 0 Å². The summed E-state index contributed by atoms with van der Waals surface area (Å²) in [6, 6.07) is 0. The van der Waals surface area contributed by atoms with Crippen LogP contribution in [0, 0.1) is 0 Å². The molecule has 0 fully saturated rings. The molecule has 0 aliphatic carbocycles. The Morgan fingerprint density at radius 3 is 2.00 bits per heavy atom. The van der Waals surface area contributed by atoms with Crippen molar-refractivity contribution in [1.82, 2.24) is 10.2 Å². The van der Waals surface area contributed by atoms with Gasteiger partial charge in [0.05, 0.1) is 0 Å². The van der Waals surface area contributed by atoms with Crippen molar-refractivity contribution in [2.24, 2.45) is 0 Å². The molecule has 2 nitrogen and oxygen atoms in total. The molecule has 0 radical (unpaired) electrons. The van der Waals surface area contributed by atoms with Crippen LogP contribution in [-0.4, -0.2) is 24.5 Å². The van der Waals surface area contributed by atoms with Crippen LogP contribution in [-0.2, 0) is 0 Å². The van der Waals surface area contributed by atoms with Crippen molar-refractivity contribution in [3.05, 3.63) is 12.4 Å². The molecule has 1 N–H and O–H groups in total. The number of hydrogen-bond acceptors (Lipinski definition) is 2. The highest BCUT2D eigenvalue weighted by Gasteiger charge is 2.03. The average molecular weight is 142 g/mol. The summed E-state index contributed by atoms with van der Waals surface area (Å²) in [6.07, 6.45) is 3.95. The van der Waals surface area contributed by atoms with Gasteiger partial charge >= 0.3 is 0 Å². The summed E-state index contributed by atoms with van der Waals surface area (Å²) in [5, 5.41) is 3.23. The van der Waals surface area contributed by atoms with Crippen LogP contribution < -0.4 is 5.32 Å². The molecule has 0 aromatic rings. The summed E-state index contributed by atoms with van der Waals surface area (Å²) in [5.41, 5.74) is 0.173. The van der Waals surface area contributed by atoms with E-state index in [2.05, 4.69) is 26.1 Å². The first-order chi connectivity index (χ1) is 4.42. The van der Waals surface area contributed by atoms with Crippen LogP contribution in [0.3, 0.4) is 0 Å². The van der Waals surface area contributed by atoms with Gasteiger partial charge in [-0.05, 0) is 20.8 Å². The van der Waals surface area contributed by atoms with Crippen LogP contribution in [0.25, 0.3) is 0 Å². The van der Waals surface area contributed by atoms with Gasteiger partial charge in [-0.2, -0.15) is 0 Å². The van der Waals surface area contributed by atoms with Gasteiger partial charge in [0.15, 0.2) is 0 Å². The zero-order valence-electron chi connectivity index (χ0n) is 7.60. The lowest BCUT2D eigenvalue weighted by Gasteiger charge is -2.19. The number of rotatable bonds is 2. The summed E-state index contributed by atoms with van der Waals surface area (Å²) >= 11 is 0. The van der Waals surface area contributed by atoms with Crippen molar-refractivity contribution in [1.29, 1.82) is 0 Å². The second-order valence-electron chi connectivity index (χ2n) is 3.67. The van der Waals surface area contributed by atoms with Crippen LogP contribution in [0.2, 0.25) is 0 Å². The second kappa shape index (κ2) is 3.49. The highest BCUT2D eigenvalue weighted by molar-refractivity contribution is 4.83. The predicted octanol–water partition coefficient (Wildman–Crippen LogP) is 1.41. The van der Waals surface area contributed by atoms with E-state index in [1.54, 1.807) is 0 Å². The van der Waals surface area contributed by atoms with E-state index in [0.29, 0.717) is 0 Å². The molecule has 0 aromatic heterocycles. The van der Waals surface area contributed by atoms with Gasteiger partial charge in [-0.25, -0.2) is 0 Å². The quantitative estimate of drug-likeness (QED) is 0.627. The highest BCUT2D eigenvalue weighted by Crippen LogP contribution is 1.97. The number of nitrogens with one attached hydrogen (secondary N) is 1. The summed E-state index contributed by atoms with van der Waals surface area (Å²) in [6.45, 7) is 6.40. The third-order valence-corrected chi connectivity index (χ3v) is 0.889. The zero-order valence-corrected chi connectivity index (χ0v) is 7.60. The molecule has 60 valence electrons. The Hall–Kier alpha value is -0.660. The lowest BCUT2D eigenvalue weighted by Crippen LogP contribution is -2.31. The molecule has 0 rings (SSSR count). The second-order valence-corrected chi connectivity index (χ2v) is 3.67. The highest BCUT2D eigenvalue weighted by atomic mass is 15.0. The van der Waals surface area contributed by atoms with Crippen molar-refractivity contribution >= 4 is 0 Å². The smallest absolute Gasteiger partial charge is 0.0284 e. The van der Waals surface area contributed by atoms with Gasteiger partial charge in [0.2, 0.25) is 0 Å². The first-order valence-corrected chi connectivity index (χ1v) is 3.52. The molecule has 0 heterocycles. The predicted molar refractivity (Wildman–Crippen MR) is 45.7 cm³/mol. The third kappa shape index (κ3) is 7.34. The normalized spacial score (nSPS) is 12.1. The topological polar surface area (TPSA) is 15.3 Å². The first-order valence-electron chi connectivity index (χ1n) is 3.52. The number of hydrogen-bond donors (Lipinski definition) is 1. The minimum atomic E-state index is 0.173. The molecule has 0 aliphatic heterocycles. The fourth-order valence-electron chi connectivity index (χ4n) is 0.436. The lowest BCUT2D eigenvalue weighted by atomic mass is 10.1. The minimum Gasteiger partial charge on any atom is -0.385 e. The van der Waals surface area contributed by atoms with Gasteiger partial charge in [-0.3, -0.25) is 0 Å². The minimum absolute atomic E-state index is 0.173. The van der Waals surface area contributed by atoms with E-state index in [0.717, 1.165) is 0 Å². The Morgan fingerprint density at radius 1 is 1.20 bits per heavy atom. The molecule has 10 heavy (non-hydrogen) atoms. The fourth-order valence-corrected chi connectivity index (χ4v) is 0.436. The Kier molecular flexibility index (Phi) is 3.26. The Bertz CT molecular complexity index is 109. The monoisotopic (exact) mass is 142 g/mol. The van der Waals surface area contributed by atoms with Gasteiger partial charge in [0, 0.05) is 32.0 Å². The van der Waals surface area contributed by atoms with Crippen molar-refractivity contribution in [2.75, 3.05) is 14.1 Å². The van der Waals surface area contributed by atoms with Crippen molar-refractivity contribution in [2.45, 2.75) is 26.3 Å². The van der Waals surface area contributed by atoms with E-state index in [9.17, 15) is 0 Å². The largest absolute Gasteiger partial charge is 0.385 e. The van der Waals surface area contributed by atoms with E-state index in [4.69, 9.17) is 0 Å². The maximum absolute atomic E-state index is 3.23. The third-order valence-electron chi connectivity index (χ3n) is 0.889. The van der Waals surface area contributed by atoms with Crippen molar-refractivity contribution in [3.63, 3.8) is 0 Å². The zero-order chi connectivity index (χ0) is 8.20. The van der Waals surface area contributed by atoms with E-state index >= 15 is 0 Å². The number of nitrogens with zero attached hydrogens (tertiary/aromatic N) is 1. The van der Waals surface area contributed by atoms with Gasteiger partial charge in [0.1, 0.15) is 0 Å². The van der Waals surface area contributed by atoms with Crippen LogP contribution in [0.15, 0.2) is 12.4 Å². The molecule has 0 aromatic carbocycles. The summed E-state index contributed by atoms with van der Waals surface area (Å²) in [5.74, 6) is 0. The van der Waals surface area contributed by atoms with E-state index in [1.807, 2.05) is 31.4 Å². The fraction of sp³-hybridized carbons (Fsp3) is 0.750. The van der Waals surface area contributed by atoms with E-state index in [1.165, 1.54) is 0 Å². The molecule has 0 saturated carbocycles. The standard InChI is InChI=1S/C8H18N2/c1-8(2,3)9-6-7-10(4)5/h6-7,9H,1-5H3. The Morgan fingerprint density at radius 2 is 1.70 bits per heavy atom. The maximum Gasteiger partial charge on any atom is 0.0284 e. The van der Waals surface area contributed by atoms with Crippen LogP contribution in [0.5, 0.6) is 0 Å².